The Morgan fingerprint density at radius 1 is 1.40 bits per heavy atom. The van der Waals surface area contributed by atoms with Gasteiger partial charge in [-0.2, -0.15) is 0 Å². The van der Waals surface area contributed by atoms with Gasteiger partial charge in [0.15, 0.2) is 0 Å². The first kappa shape index (κ1) is 9.70. The van der Waals surface area contributed by atoms with Gasteiger partial charge in [0, 0.05) is 6.61 Å². The van der Waals surface area contributed by atoms with Crippen molar-refractivity contribution < 1.29 is 4.74 Å². The zero-order chi connectivity index (χ0) is 7.66. The first-order valence-corrected chi connectivity index (χ1v) is 3.96. The molecule has 0 saturated carbocycles. The van der Waals surface area contributed by atoms with E-state index in [1.165, 1.54) is 19.3 Å². The maximum Gasteiger partial charge on any atom is 0.0873 e. The first-order chi connectivity index (χ1) is 4.91. The highest BCUT2D eigenvalue weighted by atomic mass is 16.5. The molecule has 0 amide bonds. The van der Waals surface area contributed by atoms with E-state index in [9.17, 15) is 0 Å². The van der Waals surface area contributed by atoms with Gasteiger partial charge in [0.1, 0.15) is 0 Å². The summed E-state index contributed by atoms with van der Waals surface area (Å²) >= 11 is 0. The summed E-state index contributed by atoms with van der Waals surface area (Å²) in [5.74, 6) is 0. The lowest BCUT2D eigenvalue weighted by Crippen LogP contribution is -1.90. The van der Waals surface area contributed by atoms with Crippen molar-refractivity contribution in [2.45, 2.75) is 32.6 Å². The number of hydrogen-bond donors (Lipinski definition) is 0. The maximum absolute atomic E-state index is 5.18. The molecule has 0 aromatic heterocycles. The molecule has 0 spiro atoms. The fraction of sp³-hybridized carbons (Fsp3) is 0.667. The molecule has 0 fully saturated rings. The van der Waals surface area contributed by atoms with E-state index in [4.69, 9.17) is 4.74 Å². The normalized spacial score (nSPS) is 9.70. The lowest BCUT2D eigenvalue weighted by Gasteiger charge is -1.98. The Morgan fingerprint density at radius 3 is 2.80 bits per heavy atom. The summed E-state index contributed by atoms with van der Waals surface area (Å²) in [5.41, 5.74) is 0. The lowest BCUT2D eigenvalue weighted by molar-refractivity contribution is 0.191. The van der Waals surface area contributed by atoms with Gasteiger partial charge in [-0.05, 0) is 12.8 Å². The standard InChI is InChI=1S/C9H17O/c1-3-5-7-9-10-8-6-4-2/h4,8H,2-3,5-7,9H2,1H3. The van der Waals surface area contributed by atoms with Crippen LogP contribution in [0, 0.1) is 6.61 Å². The quantitative estimate of drug-likeness (QED) is 0.391. The van der Waals surface area contributed by atoms with Crippen LogP contribution >= 0.6 is 0 Å². The zero-order valence-electron chi connectivity index (χ0n) is 6.81. The van der Waals surface area contributed by atoms with Crippen molar-refractivity contribution in [3.05, 3.63) is 19.3 Å². The third-order valence-electron chi connectivity index (χ3n) is 1.25. The van der Waals surface area contributed by atoms with Crippen molar-refractivity contribution >= 4 is 0 Å². The molecule has 0 bridgehead atoms. The molecule has 0 aliphatic heterocycles. The molecule has 0 aromatic carbocycles. The Balaban J connectivity index is 2.70. The molecule has 0 unspecified atom stereocenters. The monoisotopic (exact) mass is 141 g/mol. The SMILES string of the molecule is C=CC[CH]OCCCCC. The van der Waals surface area contributed by atoms with Gasteiger partial charge in [0.2, 0.25) is 0 Å². The molecule has 0 aliphatic rings. The van der Waals surface area contributed by atoms with Crippen LogP contribution in [0.3, 0.4) is 0 Å². The van der Waals surface area contributed by atoms with Gasteiger partial charge in [0.05, 0.1) is 6.61 Å². The molecular formula is C9H17O. The van der Waals surface area contributed by atoms with Crippen LogP contribution in [-0.4, -0.2) is 6.61 Å². The Kier molecular flexibility index (Phi) is 8.44. The first-order valence-electron chi connectivity index (χ1n) is 3.96. The molecule has 59 valence electrons. The largest absolute Gasteiger partial charge is 0.375 e. The lowest BCUT2D eigenvalue weighted by atomic mass is 10.3. The molecule has 0 aromatic rings. The van der Waals surface area contributed by atoms with E-state index in [1.807, 2.05) is 12.7 Å². The Morgan fingerprint density at radius 2 is 2.20 bits per heavy atom. The third-order valence-corrected chi connectivity index (χ3v) is 1.25. The molecular weight excluding hydrogens is 124 g/mol. The van der Waals surface area contributed by atoms with Crippen LogP contribution in [0.15, 0.2) is 12.7 Å². The number of rotatable bonds is 7. The van der Waals surface area contributed by atoms with Crippen molar-refractivity contribution in [3.63, 3.8) is 0 Å². The smallest absolute Gasteiger partial charge is 0.0873 e. The zero-order valence-corrected chi connectivity index (χ0v) is 6.81. The second-order valence-electron chi connectivity index (χ2n) is 2.27. The van der Waals surface area contributed by atoms with E-state index in [-0.39, 0.29) is 0 Å². The van der Waals surface area contributed by atoms with Gasteiger partial charge in [-0.1, -0.05) is 25.8 Å². The Hall–Kier alpha value is -0.300. The van der Waals surface area contributed by atoms with Gasteiger partial charge in [-0.15, -0.1) is 6.58 Å². The van der Waals surface area contributed by atoms with E-state index < -0.39 is 0 Å². The summed E-state index contributed by atoms with van der Waals surface area (Å²) in [6, 6.07) is 0. The second kappa shape index (κ2) is 8.70. The predicted molar refractivity (Wildman–Crippen MR) is 44.6 cm³/mol. The average Bonchev–Trinajstić information content (AvgIpc) is 1.97. The molecule has 0 N–H and O–H groups in total. The molecule has 0 aliphatic carbocycles. The summed E-state index contributed by atoms with van der Waals surface area (Å²) in [6.45, 7) is 8.44. The van der Waals surface area contributed by atoms with Gasteiger partial charge >= 0.3 is 0 Å². The van der Waals surface area contributed by atoms with Crippen LogP contribution in [0.4, 0.5) is 0 Å². The van der Waals surface area contributed by atoms with Gasteiger partial charge in [-0.25, -0.2) is 0 Å². The molecule has 10 heavy (non-hydrogen) atoms. The van der Waals surface area contributed by atoms with Crippen LogP contribution < -0.4 is 0 Å². The summed E-state index contributed by atoms with van der Waals surface area (Å²) in [4.78, 5) is 0. The molecule has 0 atom stereocenters. The van der Waals surface area contributed by atoms with E-state index in [0.29, 0.717) is 0 Å². The van der Waals surface area contributed by atoms with Crippen LogP contribution in [-0.2, 0) is 4.74 Å². The van der Waals surface area contributed by atoms with Crippen LogP contribution in [0.5, 0.6) is 0 Å². The fourth-order valence-electron chi connectivity index (χ4n) is 0.655. The highest BCUT2D eigenvalue weighted by molar-refractivity contribution is 4.71. The third kappa shape index (κ3) is 7.70. The van der Waals surface area contributed by atoms with Crippen molar-refractivity contribution in [2.24, 2.45) is 0 Å². The molecule has 1 heteroatoms. The Bertz CT molecular complexity index is 69.1. The fourth-order valence-corrected chi connectivity index (χ4v) is 0.655. The maximum atomic E-state index is 5.18. The number of ether oxygens (including phenoxy) is 1. The van der Waals surface area contributed by atoms with Crippen molar-refractivity contribution in [1.82, 2.24) is 0 Å². The number of hydrogen-bond acceptors (Lipinski definition) is 1. The summed E-state index contributed by atoms with van der Waals surface area (Å²) in [6.07, 6.45) is 6.38. The van der Waals surface area contributed by atoms with Crippen LogP contribution in [0.25, 0.3) is 0 Å². The molecule has 0 heterocycles. The van der Waals surface area contributed by atoms with Gasteiger partial charge in [0.25, 0.3) is 0 Å². The van der Waals surface area contributed by atoms with E-state index in [1.54, 1.807) is 0 Å². The summed E-state index contributed by atoms with van der Waals surface area (Å²) < 4.78 is 5.18. The minimum atomic E-state index is 0.853. The highest BCUT2D eigenvalue weighted by Crippen LogP contribution is 1.96. The predicted octanol–water partition coefficient (Wildman–Crippen LogP) is 2.93. The summed E-state index contributed by atoms with van der Waals surface area (Å²) in [7, 11) is 0. The topological polar surface area (TPSA) is 9.23 Å². The van der Waals surface area contributed by atoms with Crippen molar-refractivity contribution in [2.75, 3.05) is 6.61 Å². The van der Waals surface area contributed by atoms with Gasteiger partial charge in [-0.3, -0.25) is 0 Å². The molecule has 1 nitrogen and oxygen atoms in total. The van der Waals surface area contributed by atoms with Crippen molar-refractivity contribution in [3.8, 4) is 0 Å². The summed E-state index contributed by atoms with van der Waals surface area (Å²) in [5, 5.41) is 0. The molecule has 0 saturated heterocycles. The highest BCUT2D eigenvalue weighted by Gasteiger charge is 1.86. The van der Waals surface area contributed by atoms with Gasteiger partial charge < -0.3 is 4.74 Å². The van der Waals surface area contributed by atoms with Crippen LogP contribution in [0.1, 0.15) is 32.6 Å². The van der Waals surface area contributed by atoms with E-state index in [0.717, 1.165) is 13.0 Å². The minimum Gasteiger partial charge on any atom is -0.375 e. The van der Waals surface area contributed by atoms with E-state index >= 15 is 0 Å². The van der Waals surface area contributed by atoms with E-state index in [2.05, 4.69) is 13.5 Å². The number of unbranched alkanes of at least 4 members (excludes halogenated alkanes) is 2. The Labute approximate surface area is 64.1 Å². The van der Waals surface area contributed by atoms with Crippen LogP contribution in [0.2, 0.25) is 0 Å². The minimum absolute atomic E-state index is 0.853. The second-order valence-corrected chi connectivity index (χ2v) is 2.27. The molecule has 1 radical (unpaired) electrons. The average molecular weight is 141 g/mol. The van der Waals surface area contributed by atoms with Crippen molar-refractivity contribution in [1.29, 1.82) is 0 Å². The molecule has 0 rings (SSSR count).